The fraction of sp³-hybridized carbons (Fsp3) is 0.312. The largest absolute Gasteiger partial charge is 0.475 e. The van der Waals surface area contributed by atoms with Crippen molar-refractivity contribution in [1.82, 2.24) is 9.97 Å². The topological polar surface area (TPSA) is 66.3 Å². The number of carboxylic acids is 1. The van der Waals surface area contributed by atoms with Crippen molar-refractivity contribution in [2.45, 2.75) is 26.3 Å². The quantitative estimate of drug-likeness (QED) is 0.874. The van der Waals surface area contributed by atoms with E-state index in [4.69, 9.17) is 0 Å². The van der Waals surface area contributed by atoms with Gasteiger partial charge in [-0.3, -0.25) is 0 Å². The van der Waals surface area contributed by atoms with Gasteiger partial charge in [0.15, 0.2) is 0 Å². The molecular formula is C16H19N3O2. The number of hydrogen-bond donors (Lipinski definition) is 1. The fourth-order valence-corrected chi connectivity index (χ4v) is 2.17. The molecule has 0 amide bonds. The van der Waals surface area contributed by atoms with Gasteiger partial charge in [0.05, 0.1) is 5.52 Å². The average molecular weight is 285 g/mol. The van der Waals surface area contributed by atoms with E-state index >= 15 is 0 Å². The molecule has 1 N–H and O–H groups in total. The van der Waals surface area contributed by atoms with E-state index in [-0.39, 0.29) is 11.4 Å². The second-order valence-corrected chi connectivity index (χ2v) is 5.76. The standard InChI is InChI=1S/C16H19N3O2/c1-5-10-19(16(2,3)4)14-11-8-6-7-9-12(11)17-13(18-14)15(20)21/h5-9H,1,10H2,2-4H3,(H,20,21). The van der Waals surface area contributed by atoms with Gasteiger partial charge in [0.25, 0.3) is 0 Å². The smallest absolute Gasteiger partial charge is 0.374 e. The van der Waals surface area contributed by atoms with Crippen molar-refractivity contribution < 1.29 is 9.90 Å². The normalized spacial score (nSPS) is 11.4. The van der Waals surface area contributed by atoms with Gasteiger partial charge < -0.3 is 10.0 Å². The first-order valence-corrected chi connectivity index (χ1v) is 6.73. The zero-order valence-electron chi connectivity index (χ0n) is 12.5. The summed E-state index contributed by atoms with van der Waals surface area (Å²) in [6.45, 7) is 10.5. The summed E-state index contributed by atoms with van der Waals surface area (Å²) in [5.74, 6) is -0.707. The van der Waals surface area contributed by atoms with Crippen molar-refractivity contribution in [1.29, 1.82) is 0 Å². The van der Waals surface area contributed by atoms with E-state index in [9.17, 15) is 9.90 Å². The second-order valence-electron chi connectivity index (χ2n) is 5.76. The van der Waals surface area contributed by atoms with Crippen LogP contribution in [0.2, 0.25) is 0 Å². The van der Waals surface area contributed by atoms with E-state index in [1.54, 1.807) is 12.1 Å². The molecule has 0 atom stereocenters. The molecule has 2 aromatic rings. The van der Waals surface area contributed by atoms with E-state index in [2.05, 4.69) is 16.5 Å². The number of aromatic nitrogens is 2. The molecule has 0 radical (unpaired) electrons. The van der Waals surface area contributed by atoms with Gasteiger partial charge in [0.2, 0.25) is 5.82 Å². The summed E-state index contributed by atoms with van der Waals surface area (Å²) in [6.07, 6.45) is 1.78. The lowest BCUT2D eigenvalue weighted by atomic mass is 10.0. The summed E-state index contributed by atoms with van der Waals surface area (Å²) in [6, 6.07) is 7.42. The van der Waals surface area contributed by atoms with Crippen LogP contribution in [-0.2, 0) is 0 Å². The fourth-order valence-electron chi connectivity index (χ4n) is 2.17. The maximum Gasteiger partial charge on any atom is 0.374 e. The van der Waals surface area contributed by atoms with Gasteiger partial charge in [-0.2, -0.15) is 0 Å². The van der Waals surface area contributed by atoms with Crippen LogP contribution in [0.15, 0.2) is 36.9 Å². The van der Waals surface area contributed by atoms with Crippen molar-refractivity contribution in [2.75, 3.05) is 11.4 Å². The SMILES string of the molecule is C=CCN(c1nc(C(=O)O)nc2ccccc12)C(C)(C)C. The molecule has 0 aliphatic carbocycles. The van der Waals surface area contributed by atoms with E-state index in [0.29, 0.717) is 17.9 Å². The molecule has 1 aromatic carbocycles. The Balaban J connectivity index is 2.75. The third-order valence-corrected chi connectivity index (χ3v) is 3.15. The summed E-state index contributed by atoms with van der Waals surface area (Å²) >= 11 is 0. The molecule has 5 heteroatoms. The molecule has 0 saturated carbocycles. The zero-order chi connectivity index (χ0) is 15.6. The van der Waals surface area contributed by atoms with Crippen LogP contribution < -0.4 is 4.90 Å². The number of rotatable bonds is 4. The van der Waals surface area contributed by atoms with Gasteiger partial charge in [-0.25, -0.2) is 14.8 Å². The highest BCUT2D eigenvalue weighted by molar-refractivity contribution is 5.94. The van der Waals surface area contributed by atoms with Gasteiger partial charge in [-0.15, -0.1) is 6.58 Å². The van der Waals surface area contributed by atoms with Crippen LogP contribution in [0, 0.1) is 0 Å². The van der Waals surface area contributed by atoms with Crippen molar-refractivity contribution in [3.8, 4) is 0 Å². The number of aromatic carboxylic acids is 1. The number of para-hydroxylation sites is 1. The second kappa shape index (κ2) is 5.52. The van der Waals surface area contributed by atoms with Gasteiger partial charge in [-0.1, -0.05) is 18.2 Å². The molecule has 2 rings (SSSR count). The number of carboxylic acid groups (broad SMARTS) is 1. The molecule has 21 heavy (non-hydrogen) atoms. The van der Waals surface area contributed by atoms with E-state index < -0.39 is 5.97 Å². The summed E-state index contributed by atoms with van der Waals surface area (Å²) < 4.78 is 0. The molecule has 0 saturated heterocycles. The van der Waals surface area contributed by atoms with E-state index in [1.807, 2.05) is 43.9 Å². The average Bonchev–Trinajstić information content (AvgIpc) is 2.42. The summed E-state index contributed by atoms with van der Waals surface area (Å²) in [7, 11) is 0. The van der Waals surface area contributed by atoms with Crippen LogP contribution in [0.25, 0.3) is 10.9 Å². The lowest BCUT2D eigenvalue weighted by Gasteiger charge is -2.36. The van der Waals surface area contributed by atoms with Crippen LogP contribution in [-0.4, -0.2) is 33.1 Å². The summed E-state index contributed by atoms with van der Waals surface area (Å²) in [5, 5.41) is 10.1. The van der Waals surface area contributed by atoms with Crippen LogP contribution in [0.5, 0.6) is 0 Å². The number of nitrogens with zero attached hydrogens (tertiary/aromatic N) is 3. The Labute approximate surface area is 123 Å². The molecule has 0 spiro atoms. The third kappa shape index (κ3) is 3.02. The van der Waals surface area contributed by atoms with Crippen molar-refractivity contribution >= 4 is 22.7 Å². The van der Waals surface area contributed by atoms with Gasteiger partial charge in [0, 0.05) is 17.5 Å². The number of anilines is 1. The number of hydrogen-bond acceptors (Lipinski definition) is 4. The Bertz CT molecular complexity index is 689. The first-order valence-electron chi connectivity index (χ1n) is 6.73. The van der Waals surface area contributed by atoms with Crippen LogP contribution in [0.1, 0.15) is 31.4 Å². The Morgan fingerprint density at radius 1 is 1.33 bits per heavy atom. The van der Waals surface area contributed by atoms with Crippen molar-refractivity contribution in [2.24, 2.45) is 0 Å². The first-order chi connectivity index (χ1) is 9.84. The van der Waals surface area contributed by atoms with Gasteiger partial charge >= 0.3 is 5.97 Å². The minimum Gasteiger partial charge on any atom is -0.475 e. The minimum absolute atomic E-state index is 0.193. The number of benzene rings is 1. The molecule has 0 aliphatic heterocycles. The van der Waals surface area contributed by atoms with Crippen LogP contribution in [0.4, 0.5) is 5.82 Å². The Morgan fingerprint density at radius 3 is 2.57 bits per heavy atom. The predicted molar refractivity (Wildman–Crippen MR) is 83.8 cm³/mol. The van der Waals surface area contributed by atoms with Gasteiger partial charge in [0.1, 0.15) is 5.82 Å². The zero-order valence-corrected chi connectivity index (χ0v) is 12.5. The molecule has 5 nitrogen and oxygen atoms in total. The molecule has 0 unspecified atom stereocenters. The van der Waals surface area contributed by atoms with E-state index in [0.717, 1.165) is 5.39 Å². The van der Waals surface area contributed by atoms with Crippen molar-refractivity contribution in [3.05, 3.63) is 42.7 Å². The van der Waals surface area contributed by atoms with Crippen LogP contribution >= 0.6 is 0 Å². The highest BCUT2D eigenvalue weighted by atomic mass is 16.4. The first kappa shape index (κ1) is 15.0. The third-order valence-electron chi connectivity index (χ3n) is 3.15. The Morgan fingerprint density at radius 2 is 2.00 bits per heavy atom. The highest BCUT2D eigenvalue weighted by Gasteiger charge is 2.25. The minimum atomic E-state index is -1.13. The molecule has 1 aromatic heterocycles. The summed E-state index contributed by atoms with van der Waals surface area (Å²) in [5.41, 5.74) is 0.402. The molecular weight excluding hydrogens is 266 g/mol. The maximum atomic E-state index is 11.3. The van der Waals surface area contributed by atoms with Crippen molar-refractivity contribution in [3.63, 3.8) is 0 Å². The molecule has 110 valence electrons. The Kier molecular flexibility index (Phi) is 3.93. The molecule has 0 bridgehead atoms. The molecule has 1 heterocycles. The Hall–Kier alpha value is -2.43. The number of carbonyl (C=O) groups is 1. The molecule has 0 aliphatic rings. The predicted octanol–water partition coefficient (Wildman–Crippen LogP) is 3.12. The van der Waals surface area contributed by atoms with E-state index in [1.165, 1.54) is 0 Å². The van der Waals surface area contributed by atoms with Gasteiger partial charge in [-0.05, 0) is 32.9 Å². The monoisotopic (exact) mass is 285 g/mol. The number of fused-ring (bicyclic) bond motifs is 1. The molecule has 0 fully saturated rings. The summed E-state index contributed by atoms with van der Waals surface area (Å²) in [4.78, 5) is 21.6. The lowest BCUT2D eigenvalue weighted by Crippen LogP contribution is -2.42. The van der Waals surface area contributed by atoms with Crippen LogP contribution in [0.3, 0.4) is 0 Å². The maximum absolute atomic E-state index is 11.3. The lowest BCUT2D eigenvalue weighted by molar-refractivity contribution is 0.0684. The highest BCUT2D eigenvalue weighted by Crippen LogP contribution is 2.29.